The fourth-order valence-corrected chi connectivity index (χ4v) is 3.01. The van der Waals surface area contributed by atoms with Crippen LogP contribution in [0.1, 0.15) is 29.3 Å². The van der Waals surface area contributed by atoms with Gasteiger partial charge in [0.1, 0.15) is 0 Å². The smallest absolute Gasteiger partial charge is 0.0991 e. The average Bonchev–Trinajstić information content (AvgIpc) is 3.11. The Hall–Kier alpha value is -1.79. The molecular weight excluding hydrogens is 240 g/mol. The first-order chi connectivity index (χ1) is 8.86. The SMILES string of the molecule is N#Cc1ccc(NC(c2cccs2)C2CC2)cc1. The van der Waals surface area contributed by atoms with E-state index in [1.807, 2.05) is 35.6 Å². The van der Waals surface area contributed by atoms with Crippen molar-refractivity contribution in [2.45, 2.75) is 18.9 Å². The number of hydrogen-bond donors (Lipinski definition) is 1. The lowest BCUT2D eigenvalue weighted by atomic mass is 10.1. The van der Waals surface area contributed by atoms with Crippen LogP contribution in [0.5, 0.6) is 0 Å². The summed E-state index contributed by atoms with van der Waals surface area (Å²) in [5.41, 5.74) is 1.80. The van der Waals surface area contributed by atoms with Gasteiger partial charge in [0.15, 0.2) is 0 Å². The number of benzene rings is 1. The topological polar surface area (TPSA) is 35.8 Å². The fraction of sp³-hybridized carbons (Fsp3) is 0.267. The highest BCUT2D eigenvalue weighted by atomic mass is 32.1. The first kappa shape index (κ1) is 11.3. The summed E-state index contributed by atoms with van der Waals surface area (Å²) in [6.07, 6.45) is 2.62. The van der Waals surface area contributed by atoms with Crippen LogP contribution in [-0.2, 0) is 0 Å². The van der Waals surface area contributed by atoms with Crippen LogP contribution in [0.25, 0.3) is 0 Å². The summed E-state index contributed by atoms with van der Waals surface area (Å²) in [5.74, 6) is 0.763. The molecule has 3 rings (SSSR count). The van der Waals surface area contributed by atoms with E-state index in [1.54, 1.807) is 0 Å². The van der Waals surface area contributed by atoms with Crippen LogP contribution >= 0.6 is 11.3 Å². The van der Waals surface area contributed by atoms with Crippen LogP contribution in [0.2, 0.25) is 0 Å². The molecule has 3 heteroatoms. The van der Waals surface area contributed by atoms with Crippen molar-refractivity contribution in [2.75, 3.05) is 5.32 Å². The van der Waals surface area contributed by atoms with Gasteiger partial charge >= 0.3 is 0 Å². The maximum Gasteiger partial charge on any atom is 0.0991 e. The Morgan fingerprint density at radius 2 is 2.00 bits per heavy atom. The minimum absolute atomic E-state index is 0.429. The van der Waals surface area contributed by atoms with Crippen LogP contribution in [-0.4, -0.2) is 0 Å². The molecule has 0 radical (unpaired) electrons. The van der Waals surface area contributed by atoms with E-state index in [0.717, 1.165) is 11.6 Å². The Balaban J connectivity index is 1.78. The second-order valence-electron chi connectivity index (χ2n) is 4.66. The monoisotopic (exact) mass is 254 g/mol. The lowest BCUT2D eigenvalue weighted by Crippen LogP contribution is -2.11. The largest absolute Gasteiger partial charge is 0.377 e. The molecule has 1 aromatic heterocycles. The Morgan fingerprint density at radius 3 is 2.56 bits per heavy atom. The fourth-order valence-electron chi connectivity index (χ4n) is 2.14. The van der Waals surface area contributed by atoms with Crippen molar-refractivity contribution < 1.29 is 0 Å². The van der Waals surface area contributed by atoms with Crippen molar-refractivity contribution in [3.05, 3.63) is 52.2 Å². The second kappa shape index (κ2) is 4.83. The van der Waals surface area contributed by atoms with Crippen LogP contribution in [0.15, 0.2) is 41.8 Å². The van der Waals surface area contributed by atoms with Crippen molar-refractivity contribution >= 4 is 17.0 Å². The highest BCUT2D eigenvalue weighted by molar-refractivity contribution is 7.10. The van der Waals surface area contributed by atoms with Gasteiger partial charge in [0.25, 0.3) is 0 Å². The maximum absolute atomic E-state index is 8.79. The summed E-state index contributed by atoms with van der Waals surface area (Å²) >= 11 is 1.81. The van der Waals surface area contributed by atoms with Gasteiger partial charge in [-0.25, -0.2) is 0 Å². The van der Waals surface area contributed by atoms with E-state index >= 15 is 0 Å². The summed E-state index contributed by atoms with van der Waals surface area (Å²) in [6, 6.07) is 14.6. The quantitative estimate of drug-likeness (QED) is 0.888. The first-order valence-corrected chi connectivity index (χ1v) is 7.05. The lowest BCUT2D eigenvalue weighted by Gasteiger charge is -2.18. The van der Waals surface area contributed by atoms with Gasteiger partial charge in [0, 0.05) is 10.6 Å². The third kappa shape index (κ3) is 2.39. The molecule has 1 aliphatic rings. The van der Waals surface area contributed by atoms with Crippen molar-refractivity contribution in [3.63, 3.8) is 0 Å². The molecule has 2 aromatic rings. The highest BCUT2D eigenvalue weighted by Gasteiger charge is 2.32. The molecule has 1 aromatic carbocycles. The van der Waals surface area contributed by atoms with Crippen molar-refractivity contribution in [2.24, 2.45) is 5.92 Å². The van der Waals surface area contributed by atoms with Crippen LogP contribution in [0.4, 0.5) is 5.69 Å². The zero-order chi connectivity index (χ0) is 12.4. The number of hydrogen-bond acceptors (Lipinski definition) is 3. The lowest BCUT2D eigenvalue weighted by molar-refractivity contribution is 0.691. The predicted octanol–water partition coefficient (Wildman–Crippen LogP) is 4.18. The molecule has 1 fully saturated rings. The number of thiophene rings is 1. The minimum atomic E-state index is 0.429. The molecule has 1 aliphatic carbocycles. The third-order valence-corrected chi connectivity index (χ3v) is 4.23. The van der Waals surface area contributed by atoms with E-state index in [9.17, 15) is 0 Å². The number of nitriles is 1. The molecule has 0 amide bonds. The van der Waals surface area contributed by atoms with E-state index < -0.39 is 0 Å². The molecule has 90 valence electrons. The molecule has 1 saturated carbocycles. The van der Waals surface area contributed by atoms with Gasteiger partial charge in [-0.3, -0.25) is 0 Å². The van der Waals surface area contributed by atoms with Crippen molar-refractivity contribution in [1.82, 2.24) is 0 Å². The average molecular weight is 254 g/mol. The van der Waals surface area contributed by atoms with Crippen LogP contribution in [0.3, 0.4) is 0 Å². The highest BCUT2D eigenvalue weighted by Crippen LogP contribution is 2.44. The first-order valence-electron chi connectivity index (χ1n) is 6.17. The molecule has 1 N–H and O–H groups in total. The van der Waals surface area contributed by atoms with Crippen molar-refractivity contribution in [1.29, 1.82) is 5.26 Å². The second-order valence-corrected chi connectivity index (χ2v) is 5.64. The molecule has 1 unspecified atom stereocenters. The Kier molecular flexibility index (Phi) is 3.04. The van der Waals surface area contributed by atoms with Crippen LogP contribution < -0.4 is 5.32 Å². The standard InChI is InChI=1S/C15H14N2S/c16-10-11-3-7-13(8-4-11)17-15(12-5-6-12)14-2-1-9-18-14/h1-4,7-9,12,15,17H,5-6H2. The summed E-state index contributed by atoms with van der Waals surface area (Å²) in [7, 11) is 0. The van der Waals surface area contributed by atoms with E-state index in [2.05, 4.69) is 28.9 Å². The molecule has 0 bridgehead atoms. The number of nitrogens with one attached hydrogen (secondary N) is 1. The number of nitrogens with zero attached hydrogens (tertiary/aromatic N) is 1. The molecule has 0 spiro atoms. The molecular formula is C15H14N2S. The van der Waals surface area contributed by atoms with Gasteiger partial charge in [-0.2, -0.15) is 5.26 Å². The van der Waals surface area contributed by atoms with E-state index in [0.29, 0.717) is 11.6 Å². The van der Waals surface area contributed by atoms with Gasteiger partial charge in [0.05, 0.1) is 17.7 Å². The number of anilines is 1. The normalized spacial score (nSPS) is 15.9. The zero-order valence-corrected chi connectivity index (χ0v) is 10.8. The molecule has 0 saturated heterocycles. The Morgan fingerprint density at radius 1 is 1.22 bits per heavy atom. The van der Waals surface area contributed by atoms with Gasteiger partial charge in [-0.15, -0.1) is 11.3 Å². The minimum Gasteiger partial charge on any atom is -0.377 e. The summed E-state index contributed by atoms with van der Waals surface area (Å²) in [5, 5.41) is 14.5. The molecule has 2 nitrogen and oxygen atoms in total. The summed E-state index contributed by atoms with van der Waals surface area (Å²) in [4.78, 5) is 1.40. The van der Waals surface area contributed by atoms with E-state index in [-0.39, 0.29) is 0 Å². The predicted molar refractivity (Wildman–Crippen MR) is 74.6 cm³/mol. The maximum atomic E-state index is 8.79. The van der Waals surface area contributed by atoms with Gasteiger partial charge < -0.3 is 5.32 Å². The molecule has 1 atom stereocenters. The van der Waals surface area contributed by atoms with Gasteiger partial charge in [-0.05, 0) is 54.5 Å². The Labute approximate surface area is 111 Å². The van der Waals surface area contributed by atoms with Gasteiger partial charge in [-0.1, -0.05) is 6.07 Å². The van der Waals surface area contributed by atoms with Crippen molar-refractivity contribution in [3.8, 4) is 6.07 Å². The molecule has 1 heterocycles. The molecule has 18 heavy (non-hydrogen) atoms. The van der Waals surface area contributed by atoms with E-state index in [1.165, 1.54) is 17.7 Å². The third-order valence-electron chi connectivity index (χ3n) is 3.28. The zero-order valence-electron chi connectivity index (χ0n) is 9.97. The van der Waals surface area contributed by atoms with E-state index in [4.69, 9.17) is 5.26 Å². The van der Waals surface area contributed by atoms with Gasteiger partial charge in [0.2, 0.25) is 0 Å². The number of rotatable bonds is 4. The molecule has 0 aliphatic heterocycles. The Bertz CT molecular complexity index is 547. The summed E-state index contributed by atoms with van der Waals surface area (Å²) < 4.78 is 0. The summed E-state index contributed by atoms with van der Waals surface area (Å²) in [6.45, 7) is 0. The van der Waals surface area contributed by atoms with Crippen LogP contribution in [0, 0.1) is 17.2 Å².